The lowest BCUT2D eigenvalue weighted by Gasteiger charge is -2.06. The zero-order valence-electron chi connectivity index (χ0n) is 10.7. The number of aryl methyl sites for hydroxylation is 1. The fourth-order valence-electron chi connectivity index (χ4n) is 2.22. The second-order valence-corrected chi connectivity index (χ2v) is 5.23. The lowest BCUT2D eigenvalue weighted by Crippen LogP contribution is -2.05. The summed E-state index contributed by atoms with van der Waals surface area (Å²) in [5.74, 6) is 2.36. The Balaban J connectivity index is 1.91. The first-order valence-electron chi connectivity index (χ1n) is 6.28. The van der Waals surface area contributed by atoms with Gasteiger partial charge in [-0.1, -0.05) is 6.92 Å². The van der Waals surface area contributed by atoms with E-state index in [-0.39, 0.29) is 0 Å². The molecule has 2 aromatic rings. The Kier molecular flexibility index (Phi) is 2.54. The average molecular weight is 243 g/mol. The number of anilines is 1. The highest BCUT2D eigenvalue weighted by atomic mass is 15.5. The summed E-state index contributed by atoms with van der Waals surface area (Å²) in [7, 11) is 0. The van der Waals surface area contributed by atoms with E-state index in [2.05, 4.69) is 22.4 Å². The Labute approximate surface area is 106 Å². The van der Waals surface area contributed by atoms with E-state index in [0.717, 1.165) is 41.0 Å². The molecule has 0 aliphatic heterocycles. The van der Waals surface area contributed by atoms with Crippen LogP contribution in [0.3, 0.4) is 0 Å². The summed E-state index contributed by atoms with van der Waals surface area (Å²) in [5.41, 5.74) is 8.72. The van der Waals surface area contributed by atoms with E-state index in [4.69, 9.17) is 5.73 Å². The number of benzene rings is 1. The fraction of sp³-hybridized carbons (Fsp3) is 0.462. The number of nitrogen functional groups attached to an aromatic ring is 1. The average Bonchev–Trinajstić information content (AvgIpc) is 2.86. The first-order chi connectivity index (χ1) is 8.65. The highest BCUT2D eigenvalue weighted by Gasteiger charge is 2.33. The summed E-state index contributed by atoms with van der Waals surface area (Å²) in [5, 5.41) is 12.0. The third-order valence-electron chi connectivity index (χ3n) is 3.74. The standard InChI is InChI=1S/C13H17N5/c1-8-5-11(8)7-18-13(15-16-17-18)10-3-4-12(14)9(2)6-10/h3-4,6,8,11H,5,7,14H2,1-2H3. The van der Waals surface area contributed by atoms with Gasteiger partial charge in [-0.2, -0.15) is 0 Å². The van der Waals surface area contributed by atoms with Crippen molar-refractivity contribution in [2.45, 2.75) is 26.8 Å². The molecule has 0 saturated heterocycles. The number of hydrogen-bond acceptors (Lipinski definition) is 4. The first-order valence-corrected chi connectivity index (χ1v) is 6.28. The molecule has 5 nitrogen and oxygen atoms in total. The molecular formula is C13H17N5. The van der Waals surface area contributed by atoms with Crippen molar-refractivity contribution < 1.29 is 0 Å². The first kappa shape index (κ1) is 11.2. The molecule has 1 aliphatic rings. The highest BCUT2D eigenvalue weighted by Crippen LogP contribution is 2.39. The van der Waals surface area contributed by atoms with Crippen molar-refractivity contribution in [2.75, 3.05) is 5.73 Å². The topological polar surface area (TPSA) is 69.6 Å². The normalized spacial score (nSPS) is 22.1. The maximum absolute atomic E-state index is 5.83. The van der Waals surface area contributed by atoms with Crippen LogP contribution in [0.1, 0.15) is 18.9 Å². The quantitative estimate of drug-likeness (QED) is 0.836. The van der Waals surface area contributed by atoms with Gasteiger partial charge in [0.15, 0.2) is 5.82 Å². The van der Waals surface area contributed by atoms with Crippen LogP contribution >= 0.6 is 0 Å². The van der Waals surface area contributed by atoms with Crippen LogP contribution in [-0.4, -0.2) is 20.2 Å². The summed E-state index contributed by atoms with van der Waals surface area (Å²) < 4.78 is 1.90. The van der Waals surface area contributed by atoms with Crippen LogP contribution in [0.4, 0.5) is 5.69 Å². The van der Waals surface area contributed by atoms with Crippen molar-refractivity contribution in [3.8, 4) is 11.4 Å². The lowest BCUT2D eigenvalue weighted by atomic mass is 10.1. The Morgan fingerprint density at radius 3 is 2.89 bits per heavy atom. The van der Waals surface area contributed by atoms with Crippen LogP contribution in [0.25, 0.3) is 11.4 Å². The van der Waals surface area contributed by atoms with E-state index in [9.17, 15) is 0 Å². The number of nitrogens with two attached hydrogens (primary N) is 1. The number of hydrogen-bond donors (Lipinski definition) is 1. The van der Waals surface area contributed by atoms with Crippen LogP contribution in [-0.2, 0) is 6.54 Å². The van der Waals surface area contributed by atoms with Crippen molar-refractivity contribution in [1.29, 1.82) is 0 Å². The van der Waals surface area contributed by atoms with Crippen molar-refractivity contribution >= 4 is 5.69 Å². The van der Waals surface area contributed by atoms with Crippen LogP contribution in [0.2, 0.25) is 0 Å². The predicted octanol–water partition coefficient (Wildman–Crippen LogP) is 1.89. The predicted molar refractivity (Wildman–Crippen MR) is 69.7 cm³/mol. The Bertz CT molecular complexity index is 575. The molecule has 0 bridgehead atoms. The number of rotatable bonds is 3. The SMILES string of the molecule is Cc1cc(-c2nnnn2CC2CC2C)ccc1N. The van der Waals surface area contributed by atoms with Gasteiger partial charge in [0.25, 0.3) is 0 Å². The summed E-state index contributed by atoms with van der Waals surface area (Å²) in [4.78, 5) is 0. The van der Waals surface area contributed by atoms with Gasteiger partial charge in [0.1, 0.15) is 0 Å². The monoisotopic (exact) mass is 243 g/mol. The van der Waals surface area contributed by atoms with Gasteiger partial charge in [0, 0.05) is 17.8 Å². The number of aromatic nitrogens is 4. The summed E-state index contributed by atoms with van der Waals surface area (Å²) >= 11 is 0. The summed E-state index contributed by atoms with van der Waals surface area (Å²) in [6.07, 6.45) is 1.28. The van der Waals surface area contributed by atoms with Crippen LogP contribution in [0.5, 0.6) is 0 Å². The molecule has 0 spiro atoms. The van der Waals surface area contributed by atoms with E-state index in [0.29, 0.717) is 0 Å². The van der Waals surface area contributed by atoms with Gasteiger partial charge in [-0.3, -0.25) is 0 Å². The Morgan fingerprint density at radius 1 is 1.44 bits per heavy atom. The second kappa shape index (κ2) is 4.08. The van der Waals surface area contributed by atoms with Crippen LogP contribution in [0.15, 0.2) is 18.2 Å². The Hall–Kier alpha value is -1.91. The van der Waals surface area contributed by atoms with Gasteiger partial charge in [0.2, 0.25) is 0 Å². The molecule has 2 atom stereocenters. The number of nitrogens with zero attached hydrogens (tertiary/aromatic N) is 4. The van der Waals surface area contributed by atoms with E-state index < -0.39 is 0 Å². The van der Waals surface area contributed by atoms with E-state index in [1.165, 1.54) is 6.42 Å². The summed E-state index contributed by atoms with van der Waals surface area (Å²) in [6.45, 7) is 5.17. The third-order valence-corrected chi connectivity index (χ3v) is 3.74. The van der Waals surface area contributed by atoms with Crippen molar-refractivity contribution in [2.24, 2.45) is 11.8 Å². The van der Waals surface area contributed by atoms with Gasteiger partial charge in [-0.05, 0) is 59.4 Å². The molecule has 18 heavy (non-hydrogen) atoms. The van der Waals surface area contributed by atoms with Gasteiger partial charge in [-0.15, -0.1) is 5.10 Å². The van der Waals surface area contributed by atoms with Gasteiger partial charge < -0.3 is 5.73 Å². The van der Waals surface area contributed by atoms with Crippen LogP contribution in [0, 0.1) is 18.8 Å². The third kappa shape index (κ3) is 1.96. The molecule has 94 valence electrons. The smallest absolute Gasteiger partial charge is 0.182 e. The van der Waals surface area contributed by atoms with Crippen LogP contribution < -0.4 is 5.73 Å². The Morgan fingerprint density at radius 2 is 2.22 bits per heavy atom. The molecule has 1 fully saturated rings. The van der Waals surface area contributed by atoms with Gasteiger partial charge in [-0.25, -0.2) is 4.68 Å². The molecule has 2 N–H and O–H groups in total. The molecule has 3 rings (SSSR count). The zero-order valence-corrected chi connectivity index (χ0v) is 10.7. The molecule has 1 saturated carbocycles. The summed E-state index contributed by atoms with van der Waals surface area (Å²) in [6, 6.07) is 5.91. The molecule has 5 heteroatoms. The molecule has 1 aliphatic carbocycles. The minimum Gasteiger partial charge on any atom is -0.399 e. The molecule has 0 radical (unpaired) electrons. The molecule has 1 aromatic carbocycles. The van der Waals surface area contributed by atoms with Gasteiger partial charge >= 0.3 is 0 Å². The lowest BCUT2D eigenvalue weighted by molar-refractivity contribution is 0.528. The maximum Gasteiger partial charge on any atom is 0.182 e. The fourth-order valence-corrected chi connectivity index (χ4v) is 2.22. The van der Waals surface area contributed by atoms with Gasteiger partial charge in [0.05, 0.1) is 0 Å². The molecular weight excluding hydrogens is 226 g/mol. The molecule has 2 unspecified atom stereocenters. The molecule has 0 amide bonds. The molecule has 1 aromatic heterocycles. The van der Waals surface area contributed by atoms with E-state index in [1.54, 1.807) is 0 Å². The largest absolute Gasteiger partial charge is 0.399 e. The zero-order chi connectivity index (χ0) is 12.7. The minimum atomic E-state index is 0.724. The van der Waals surface area contributed by atoms with E-state index in [1.807, 2.05) is 29.8 Å². The second-order valence-electron chi connectivity index (χ2n) is 5.23. The van der Waals surface area contributed by atoms with E-state index >= 15 is 0 Å². The van der Waals surface area contributed by atoms with Crippen molar-refractivity contribution in [3.63, 3.8) is 0 Å². The highest BCUT2D eigenvalue weighted by molar-refractivity contribution is 5.61. The molecule has 1 heterocycles. The van der Waals surface area contributed by atoms with Crippen molar-refractivity contribution in [3.05, 3.63) is 23.8 Å². The number of tetrazole rings is 1. The maximum atomic E-state index is 5.83. The van der Waals surface area contributed by atoms with Crippen molar-refractivity contribution in [1.82, 2.24) is 20.2 Å². The minimum absolute atomic E-state index is 0.724.